The van der Waals surface area contributed by atoms with Crippen LogP contribution in [0.25, 0.3) is 0 Å². The van der Waals surface area contributed by atoms with Crippen molar-refractivity contribution in [3.05, 3.63) is 28.2 Å². The van der Waals surface area contributed by atoms with Crippen molar-refractivity contribution in [2.24, 2.45) is 4.99 Å². The normalized spacial score (nSPS) is 13.8. The Morgan fingerprint density at radius 1 is 1.47 bits per heavy atom. The molecule has 1 aliphatic rings. The summed E-state index contributed by atoms with van der Waals surface area (Å²) in [6, 6.07) is 5.31. The lowest BCUT2D eigenvalue weighted by atomic mass is 10.3. The van der Waals surface area contributed by atoms with E-state index in [1.165, 1.54) is 0 Å². The van der Waals surface area contributed by atoms with Crippen LogP contribution in [0.5, 0.6) is 0 Å². The maximum absolute atomic E-state index is 6.16. The number of aliphatic imine (C=N–C) groups is 1. The van der Waals surface area contributed by atoms with Gasteiger partial charge in [-0.2, -0.15) is 0 Å². The van der Waals surface area contributed by atoms with Crippen LogP contribution in [-0.4, -0.2) is 25.6 Å². The highest BCUT2D eigenvalue weighted by molar-refractivity contribution is 6.36. The van der Waals surface area contributed by atoms with E-state index < -0.39 is 0 Å². The highest BCUT2D eigenvalue weighted by Crippen LogP contribution is 2.29. The van der Waals surface area contributed by atoms with Gasteiger partial charge in [0.05, 0.1) is 23.8 Å². The summed E-state index contributed by atoms with van der Waals surface area (Å²) >= 11 is 12.0. The number of nitrogens with zero attached hydrogens (tertiary/aromatic N) is 2. The van der Waals surface area contributed by atoms with Gasteiger partial charge in [0.25, 0.3) is 0 Å². The summed E-state index contributed by atoms with van der Waals surface area (Å²) in [5.41, 5.74) is 0.808. The fourth-order valence-electron chi connectivity index (χ4n) is 1.63. The molecule has 88 valence electrons. The van der Waals surface area contributed by atoms with Gasteiger partial charge < -0.3 is 5.32 Å². The van der Waals surface area contributed by atoms with E-state index in [9.17, 15) is 0 Å². The van der Waals surface area contributed by atoms with Gasteiger partial charge in [0.15, 0.2) is 5.96 Å². The number of guanidine groups is 1. The molecule has 0 spiro atoms. The fraction of sp³-hybridized carbons (Fsp3) is 0.250. The Morgan fingerprint density at radius 2 is 2.29 bits per heavy atom. The van der Waals surface area contributed by atoms with Crippen molar-refractivity contribution in [1.29, 1.82) is 0 Å². The zero-order valence-electron chi connectivity index (χ0n) is 9.08. The van der Waals surface area contributed by atoms with Crippen LogP contribution < -0.4 is 10.2 Å². The lowest BCUT2D eigenvalue weighted by molar-refractivity contribution is 0.947. The number of anilines is 1. The molecule has 5 heteroatoms. The number of hydrogen-bond donors (Lipinski definition) is 1. The molecule has 1 aromatic carbocycles. The Bertz CT molecular complexity index is 491. The van der Waals surface area contributed by atoms with Crippen molar-refractivity contribution >= 4 is 34.8 Å². The summed E-state index contributed by atoms with van der Waals surface area (Å²) in [7, 11) is 0. The second-order valence-corrected chi connectivity index (χ2v) is 4.36. The van der Waals surface area contributed by atoms with Gasteiger partial charge in [0.1, 0.15) is 0 Å². The second kappa shape index (κ2) is 5.31. The topological polar surface area (TPSA) is 27.6 Å². The Balaban J connectivity index is 2.35. The minimum absolute atomic E-state index is 0.410. The molecule has 1 aromatic rings. The number of terminal acetylenes is 1. The van der Waals surface area contributed by atoms with E-state index in [1.807, 2.05) is 11.0 Å². The molecular weight excluding hydrogens is 257 g/mol. The average molecular weight is 268 g/mol. The Hall–Kier alpha value is -1.37. The van der Waals surface area contributed by atoms with Gasteiger partial charge in [-0.05, 0) is 18.2 Å². The summed E-state index contributed by atoms with van der Waals surface area (Å²) in [6.45, 7) is 1.98. The van der Waals surface area contributed by atoms with Crippen molar-refractivity contribution in [3.63, 3.8) is 0 Å². The van der Waals surface area contributed by atoms with Crippen LogP contribution in [-0.2, 0) is 0 Å². The zero-order chi connectivity index (χ0) is 12.3. The molecule has 0 radical (unpaired) electrons. The molecule has 0 saturated heterocycles. The molecule has 0 aliphatic carbocycles. The molecule has 0 amide bonds. The molecule has 1 aliphatic heterocycles. The first kappa shape index (κ1) is 12.1. The third-order valence-corrected chi connectivity index (χ3v) is 2.90. The van der Waals surface area contributed by atoms with E-state index in [0.29, 0.717) is 16.6 Å². The number of halogens is 2. The number of nitrogens with one attached hydrogen (secondary N) is 1. The molecule has 17 heavy (non-hydrogen) atoms. The maximum atomic E-state index is 6.16. The molecule has 1 N–H and O–H groups in total. The van der Waals surface area contributed by atoms with Crippen LogP contribution >= 0.6 is 23.2 Å². The van der Waals surface area contributed by atoms with Crippen molar-refractivity contribution in [2.75, 3.05) is 24.5 Å². The van der Waals surface area contributed by atoms with Crippen molar-refractivity contribution in [1.82, 2.24) is 5.32 Å². The lowest BCUT2D eigenvalue weighted by Gasteiger charge is -2.23. The van der Waals surface area contributed by atoms with Crippen LogP contribution in [0.3, 0.4) is 0 Å². The minimum atomic E-state index is 0.410. The van der Waals surface area contributed by atoms with Crippen LogP contribution in [0.1, 0.15) is 0 Å². The predicted octanol–water partition coefficient (Wildman–Crippen LogP) is 2.39. The summed E-state index contributed by atoms with van der Waals surface area (Å²) < 4.78 is 0. The summed E-state index contributed by atoms with van der Waals surface area (Å²) in [5, 5.41) is 4.33. The molecule has 1 heterocycles. The highest BCUT2D eigenvalue weighted by Gasteiger charge is 2.17. The predicted molar refractivity (Wildman–Crippen MR) is 72.9 cm³/mol. The summed E-state index contributed by atoms with van der Waals surface area (Å²) in [6.07, 6.45) is 5.37. The Kier molecular flexibility index (Phi) is 3.78. The van der Waals surface area contributed by atoms with Gasteiger partial charge in [-0.1, -0.05) is 29.1 Å². The number of hydrogen-bond acceptors (Lipinski definition) is 3. The standard InChI is InChI=1S/C12H11Cl2N3/c1-2-7-17(12-15-5-6-16-12)11-4-3-9(13)8-10(11)14/h1,3-4,8H,5-7H2,(H,15,16). The van der Waals surface area contributed by atoms with Gasteiger partial charge in [-0.3, -0.25) is 9.89 Å². The van der Waals surface area contributed by atoms with E-state index in [1.54, 1.807) is 12.1 Å². The van der Waals surface area contributed by atoms with E-state index in [2.05, 4.69) is 16.2 Å². The molecule has 0 saturated carbocycles. The van der Waals surface area contributed by atoms with Crippen LogP contribution in [0, 0.1) is 12.3 Å². The zero-order valence-corrected chi connectivity index (χ0v) is 10.6. The van der Waals surface area contributed by atoms with E-state index in [0.717, 1.165) is 24.7 Å². The third-order valence-electron chi connectivity index (χ3n) is 2.36. The van der Waals surface area contributed by atoms with E-state index in [4.69, 9.17) is 29.6 Å². The largest absolute Gasteiger partial charge is 0.354 e. The van der Waals surface area contributed by atoms with Crippen molar-refractivity contribution in [3.8, 4) is 12.3 Å². The van der Waals surface area contributed by atoms with Gasteiger partial charge >= 0.3 is 0 Å². The smallest absolute Gasteiger partial charge is 0.199 e. The molecule has 0 aromatic heterocycles. The second-order valence-electron chi connectivity index (χ2n) is 3.52. The Morgan fingerprint density at radius 3 is 2.88 bits per heavy atom. The van der Waals surface area contributed by atoms with Crippen LogP contribution in [0.2, 0.25) is 10.0 Å². The minimum Gasteiger partial charge on any atom is -0.354 e. The van der Waals surface area contributed by atoms with Gasteiger partial charge in [-0.25, -0.2) is 0 Å². The molecule has 0 fully saturated rings. The summed E-state index contributed by atoms with van der Waals surface area (Å²) in [5.74, 6) is 3.36. The van der Waals surface area contributed by atoms with E-state index in [-0.39, 0.29) is 0 Å². The third kappa shape index (κ3) is 2.66. The van der Waals surface area contributed by atoms with Crippen molar-refractivity contribution in [2.45, 2.75) is 0 Å². The van der Waals surface area contributed by atoms with Gasteiger partial charge in [0.2, 0.25) is 0 Å². The molecule has 2 rings (SSSR count). The molecule has 3 nitrogen and oxygen atoms in total. The van der Waals surface area contributed by atoms with Crippen molar-refractivity contribution < 1.29 is 0 Å². The first-order valence-electron chi connectivity index (χ1n) is 5.17. The average Bonchev–Trinajstić information content (AvgIpc) is 2.80. The lowest BCUT2D eigenvalue weighted by Crippen LogP contribution is -2.39. The maximum Gasteiger partial charge on any atom is 0.199 e. The molecule has 0 bridgehead atoms. The van der Waals surface area contributed by atoms with Crippen LogP contribution in [0.4, 0.5) is 5.69 Å². The molecule has 0 atom stereocenters. The first-order chi connectivity index (χ1) is 8.22. The van der Waals surface area contributed by atoms with Gasteiger partial charge in [0, 0.05) is 11.6 Å². The molecule has 0 unspecified atom stereocenters. The fourth-order valence-corrected chi connectivity index (χ4v) is 2.14. The van der Waals surface area contributed by atoms with Gasteiger partial charge in [-0.15, -0.1) is 6.42 Å². The molecular formula is C12H11Cl2N3. The monoisotopic (exact) mass is 267 g/mol. The van der Waals surface area contributed by atoms with Crippen LogP contribution in [0.15, 0.2) is 23.2 Å². The SMILES string of the molecule is C#CCN(C1=NCCN1)c1ccc(Cl)cc1Cl. The summed E-state index contributed by atoms with van der Waals surface area (Å²) in [4.78, 5) is 6.21. The number of benzene rings is 1. The highest BCUT2D eigenvalue weighted by atomic mass is 35.5. The quantitative estimate of drug-likeness (QED) is 0.834. The number of rotatable bonds is 2. The Labute approximate surface area is 110 Å². The van der Waals surface area contributed by atoms with E-state index >= 15 is 0 Å². The first-order valence-corrected chi connectivity index (χ1v) is 5.92.